The van der Waals surface area contributed by atoms with Gasteiger partial charge in [0.2, 0.25) is 0 Å². The Kier molecular flexibility index (Phi) is 6.01. The van der Waals surface area contributed by atoms with Crippen molar-refractivity contribution in [1.29, 1.82) is 0 Å². The Morgan fingerprint density at radius 1 is 1.21 bits per heavy atom. The quantitative estimate of drug-likeness (QED) is 0.565. The molecule has 0 spiro atoms. The maximum atomic E-state index is 12.8. The lowest BCUT2D eigenvalue weighted by atomic mass is 10.2. The van der Waals surface area contributed by atoms with E-state index in [9.17, 15) is 9.59 Å². The van der Waals surface area contributed by atoms with Crippen LogP contribution in [0.2, 0.25) is 0 Å². The van der Waals surface area contributed by atoms with Gasteiger partial charge in [0, 0.05) is 6.07 Å². The largest absolute Gasteiger partial charge is 0.497 e. The Labute approximate surface area is 171 Å². The monoisotopic (exact) mass is 415 g/mol. The van der Waals surface area contributed by atoms with Gasteiger partial charge in [-0.05, 0) is 42.8 Å². The highest BCUT2D eigenvalue weighted by atomic mass is 32.2. The predicted molar refractivity (Wildman–Crippen MR) is 113 cm³/mol. The number of rotatable bonds is 6. The van der Waals surface area contributed by atoms with Gasteiger partial charge in [0.15, 0.2) is 10.4 Å². The number of thioether (sulfide) groups is 1. The van der Waals surface area contributed by atoms with E-state index < -0.39 is 12.1 Å². The number of carbonyl (C=O) groups is 2. The van der Waals surface area contributed by atoms with Crippen molar-refractivity contribution < 1.29 is 24.2 Å². The van der Waals surface area contributed by atoms with Gasteiger partial charge in [0.25, 0.3) is 5.91 Å². The number of hydrogen-bond donors (Lipinski definition) is 1. The van der Waals surface area contributed by atoms with Crippen LogP contribution in [0.15, 0.2) is 53.4 Å². The first-order chi connectivity index (χ1) is 13.4. The van der Waals surface area contributed by atoms with Gasteiger partial charge >= 0.3 is 5.97 Å². The van der Waals surface area contributed by atoms with Crippen LogP contribution in [0.25, 0.3) is 6.08 Å². The van der Waals surface area contributed by atoms with Crippen LogP contribution in [0.3, 0.4) is 0 Å². The average molecular weight is 415 g/mol. The van der Waals surface area contributed by atoms with Crippen LogP contribution in [0.4, 0.5) is 5.69 Å². The fourth-order valence-electron chi connectivity index (χ4n) is 2.49. The van der Waals surface area contributed by atoms with Crippen molar-refractivity contribution in [2.45, 2.75) is 13.0 Å². The van der Waals surface area contributed by atoms with E-state index in [4.69, 9.17) is 26.8 Å². The number of amides is 1. The zero-order chi connectivity index (χ0) is 20.3. The van der Waals surface area contributed by atoms with E-state index in [1.54, 1.807) is 61.7 Å². The molecule has 1 heterocycles. The summed E-state index contributed by atoms with van der Waals surface area (Å²) in [7, 11) is 1.56. The molecule has 3 rings (SSSR count). The molecule has 1 atom stereocenters. The minimum Gasteiger partial charge on any atom is -0.497 e. The first kappa shape index (κ1) is 19.9. The summed E-state index contributed by atoms with van der Waals surface area (Å²) in [6, 6.07) is 14.0. The summed E-state index contributed by atoms with van der Waals surface area (Å²) in [4.78, 5) is 25.7. The number of carbonyl (C=O) groups excluding carboxylic acids is 1. The van der Waals surface area contributed by atoms with E-state index >= 15 is 0 Å². The Hall–Kier alpha value is -2.84. The molecule has 1 unspecified atom stereocenters. The summed E-state index contributed by atoms with van der Waals surface area (Å²) in [5.41, 5.74) is 1.43. The fourth-order valence-corrected chi connectivity index (χ4v) is 3.79. The second-order valence-electron chi connectivity index (χ2n) is 5.89. The molecule has 28 heavy (non-hydrogen) atoms. The van der Waals surface area contributed by atoms with Crippen LogP contribution in [0.5, 0.6) is 11.5 Å². The maximum Gasteiger partial charge on any atom is 0.344 e. The van der Waals surface area contributed by atoms with Crippen molar-refractivity contribution in [3.05, 3.63) is 59.0 Å². The van der Waals surface area contributed by atoms with Gasteiger partial charge in [0.1, 0.15) is 11.5 Å². The predicted octanol–water partition coefficient (Wildman–Crippen LogP) is 3.95. The number of carboxylic acids is 1. The maximum absolute atomic E-state index is 12.8. The zero-order valence-corrected chi connectivity index (χ0v) is 16.8. The molecular weight excluding hydrogens is 398 g/mol. The van der Waals surface area contributed by atoms with Crippen LogP contribution in [0, 0.1) is 0 Å². The number of methoxy groups -OCH3 is 1. The molecular formula is C20H17NO5S2. The molecule has 2 aromatic rings. The SMILES string of the molecule is COc1cccc(N2C(=O)/C(=C\c3ccc(OC(C)C(=O)O)cc3)SC2=S)c1. The molecule has 1 aliphatic heterocycles. The lowest BCUT2D eigenvalue weighted by Gasteiger charge is -2.15. The Balaban J connectivity index is 1.78. The van der Waals surface area contributed by atoms with Gasteiger partial charge in [-0.1, -0.05) is 42.2 Å². The Bertz CT molecular complexity index is 955. The summed E-state index contributed by atoms with van der Waals surface area (Å²) in [5.74, 6) is -0.161. The highest BCUT2D eigenvalue weighted by Gasteiger charge is 2.33. The standard InChI is InChI=1S/C20H17NO5S2/c1-12(19(23)24)26-15-8-6-13(7-9-15)10-17-18(22)21(20(27)28-17)14-4-3-5-16(11-14)25-2/h3-12H,1-2H3,(H,23,24)/b17-10+. The van der Waals surface area contributed by atoms with Crippen molar-refractivity contribution in [3.8, 4) is 11.5 Å². The summed E-state index contributed by atoms with van der Waals surface area (Å²) >= 11 is 6.60. The smallest absolute Gasteiger partial charge is 0.344 e. The third kappa shape index (κ3) is 4.35. The molecule has 1 aliphatic rings. The molecule has 1 saturated heterocycles. The number of anilines is 1. The van der Waals surface area contributed by atoms with Gasteiger partial charge in [-0.3, -0.25) is 9.69 Å². The highest BCUT2D eigenvalue weighted by molar-refractivity contribution is 8.27. The van der Waals surface area contributed by atoms with Crippen LogP contribution < -0.4 is 14.4 Å². The van der Waals surface area contributed by atoms with E-state index in [0.717, 1.165) is 5.56 Å². The molecule has 0 bridgehead atoms. The molecule has 0 saturated carbocycles. The van der Waals surface area contributed by atoms with Crippen molar-refractivity contribution in [2.75, 3.05) is 12.0 Å². The zero-order valence-electron chi connectivity index (χ0n) is 15.1. The van der Waals surface area contributed by atoms with Crippen molar-refractivity contribution in [2.24, 2.45) is 0 Å². The molecule has 8 heteroatoms. The van der Waals surface area contributed by atoms with E-state index in [2.05, 4.69) is 0 Å². The molecule has 144 valence electrons. The second-order valence-corrected chi connectivity index (χ2v) is 7.56. The van der Waals surface area contributed by atoms with Crippen molar-refractivity contribution >= 4 is 51.9 Å². The summed E-state index contributed by atoms with van der Waals surface area (Å²) < 4.78 is 11.0. The molecule has 1 fully saturated rings. The Morgan fingerprint density at radius 2 is 1.93 bits per heavy atom. The van der Waals surface area contributed by atoms with Crippen LogP contribution in [0.1, 0.15) is 12.5 Å². The first-order valence-electron chi connectivity index (χ1n) is 8.30. The Morgan fingerprint density at radius 3 is 2.57 bits per heavy atom. The summed E-state index contributed by atoms with van der Waals surface area (Å²) in [6.07, 6.45) is 0.800. The molecule has 6 nitrogen and oxygen atoms in total. The number of ether oxygens (including phenoxy) is 2. The average Bonchev–Trinajstić information content (AvgIpc) is 2.96. The van der Waals surface area contributed by atoms with Gasteiger partial charge in [-0.2, -0.15) is 0 Å². The van der Waals surface area contributed by atoms with Crippen LogP contribution in [-0.4, -0.2) is 34.5 Å². The number of benzene rings is 2. The number of aliphatic carboxylic acids is 1. The van der Waals surface area contributed by atoms with Gasteiger partial charge in [-0.25, -0.2) is 4.79 Å². The van der Waals surface area contributed by atoms with Gasteiger partial charge in [0.05, 0.1) is 17.7 Å². The summed E-state index contributed by atoms with van der Waals surface area (Å²) in [5, 5.41) is 8.89. The first-order valence-corrected chi connectivity index (χ1v) is 9.53. The molecule has 0 aliphatic carbocycles. The molecule has 1 amide bonds. The normalized spacial score (nSPS) is 16.4. The van der Waals surface area contributed by atoms with Crippen LogP contribution >= 0.6 is 24.0 Å². The number of thiocarbonyl (C=S) groups is 1. The van der Waals surface area contributed by atoms with Gasteiger partial charge in [-0.15, -0.1) is 0 Å². The van der Waals surface area contributed by atoms with E-state index in [1.165, 1.54) is 23.6 Å². The van der Waals surface area contributed by atoms with E-state index in [-0.39, 0.29) is 5.91 Å². The van der Waals surface area contributed by atoms with E-state index in [1.807, 2.05) is 0 Å². The minimum absolute atomic E-state index is 0.205. The third-order valence-corrected chi connectivity index (χ3v) is 5.25. The fraction of sp³-hybridized carbons (Fsp3) is 0.150. The topological polar surface area (TPSA) is 76.1 Å². The molecule has 1 N–H and O–H groups in total. The minimum atomic E-state index is -1.04. The lowest BCUT2D eigenvalue weighted by Crippen LogP contribution is -2.27. The molecule has 0 aromatic heterocycles. The van der Waals surface area contributed by atoms with E-state index in [0.29, 0.717) is 26.4 Å². The third-order valence-electron chi connectivity index (χ3n) is 3.94. The molecule has 2 aromatic carbocycles. The van der Waals surface area contributed by atoms with Crippen LogP contribution in [-0.2, 0) is 9.59 Å². The number of nitrogens with zero attached hydrogens (tertiary/aromatic N) is 1. The number of carboxylic acid groups (broad SMARTS) is 1. The number of hydrogen-bond acceptors (Lipinski definition) is 6. The second kappa shape index (κ2) is 8.45. The van der Waals surface area contributed by atoms with Crippen molar-refractivity contribution in [1.82, 2.24) is 0 Å². The summed E-state index contributed by atoms with van der Waals surface area (Å²) in [6.45, 7) is 1.46. The highest BCUT2D eigenvalue weighted by Crippen LogP contribution is 2.37. The van der Waals surface area contributed by atoms with Gasteiger partial charge < -0.3 is 14.6 Å². The van der Waals surface area contributed by atoms with Crippen molar-refractivity contribution in [3.63, 3.8) is 0 Å². The molecule has 0 radical (unpaired) electrons. The lowest BCUT2D eigenvalue weighted by molar-refractivity contribution is -0.144.